The van der Waals surface area contributed by atoms with Gasteiger partial charge in [-0.2, -0.15) is 11.8 Å². The van der Waals surface area contributed by atoms with Crippen molar-refractivity contribution >= 4 is 17.7 Å². The van der Waals surface area contributed by atoms with Gasteiger partial charge < -0.3 is 15.0 Å². The monoisotopic (exact) mass is 285 g/mol. The number of nitrogens with one attached hydrogen (secondary N) is 1. The smallest absolute Gasteiger partial charge is 0.193 e. The van der Waals surface area contributed by atoms with Crippen molar-refractivity contribution in [1.82, 2.24) is 10.2 Å². The first-order valence-corrected chi connectivity index (χ1v) is 8.34. The molecule has 0 aromatic carbocycles. The summed E-state index contributed by atoms with van der Waals surface area (Å²) in [5.74, 6) is 2.88. The summed E-state index contributed by atoms with van der Waals surface area (Å²) in [5.41, 5.74) is 0. The molecule has 1 N–H and O–H groups in total. The molecule has 0 amide bonds. The summed E-state index contributed by atoms with van der Waals surface area (Å²) in [6, 6.07) is 0. The van der Waals surface area contributed by atoms with Gasteiger partial charge in [0.25, 0.3) is 0 Å². The Bertz CT molecular complexity index is 314. The van der Waals surface area contributed by atoms with Gasteiger partial charge >= 0.3 is 0 Å². The Morgan fingerprint density at radius 2 is 2.37 bits per heavy atom. The molecule has 1 unspecified atom stereocenters. The molecule has 5 heteroatoms. The number of ether oxygens (including phenoxy) is 1. The van der Waals surface area contributed by atoms with Crippen molar-refractivity contribution in [2.75, 3.05) is 45.1 Å². The Morgan fingerprint density at radius 1 is 1.53 bits per heavy atom. The fourth-order valence-electron chi connectivity index (χ4n) is 2.57. The lowest BCUT2D eigenvalue weighted by Crippen LogP contribution is -2.51. The van der Waals surface area contributed by atoms with E-state index in [2.05, 4.69) is 42.7 Å². The summed E-state index contributed by atoms with van der Waals surface area (Å²) in [6.45, 7) is 12.6. The van der Waals surface area contributed by atoms with Crippen LogP contribution in [0.3, 0.4) is 0 Å². The Hall–Kier alpha value is -0.420. The molecule has 110 valence electrons. The molecule has 2 aliphatic rings. The minimum absolute atomic E-state index is 0.324. The summed E-state index contributed by atoms with van der Waals surface area (Å²) in [6.07, 6.45) is 1.16. The quantitative estimate of drug-likeness (QED) is 0.634. The fraction of sp³-hybridized carbons (Fsp3) is 0.929. The molecule has 2 rings (SSSR count). The zero-order valence-corrected chi connectivity index (χ0v) is 13.3. The molecule has 0 spiro atoms. The van der Waals surface area contributed by atoms with Crippen molar-refractivity contribution in [3.05, 3.63) is 0 Å². The molecular formula is C14H27N3OS. The van der Waals surface area contributed by atoms with Gasteiger partial charge in [0, 0.05) is 49.2 Å². The zero-order chi connectivity index (χ0) is 13.7. The topological polar surface area (TPSA) is 36.9 Å². The van der Waals surface area contributed by atoms with Crippen molar-refractivity contribution in [3.8, 4) is 0 Å². The summed E-state index contributed by atoms with van der Waals surface area (Å²) in [4.78, 5) is 7.24. The minimum atomic E-state index is 0.324. The summed E-state index contributed by atoms with van der Waals surface area (Å²) in [5, 5.41) is 3.44. The molecule has 1 atom stereocenters. The zero-order valence-electron chi connectivity index (χ0n) is 12.4. The van der Waals surface area contributed by atoms with Crippen molar-refractivity contribution in [2.24, 2.45) is 10.9 Å². The largest absolute Gasteiger partial charge is 0.381 e. The third-order valence-electron chi connectivity index (χ3n) is 3.58. The first kappa shape index (κ1) is 15.0. The Balaban J connectivity index is 1.95. The Morgan fingerprint density at radius 3 is 3.00 bits per heavy atom. The lowest BCUT2D eigenvalue weighted by Gasteiger charge is -2.39. The van der Waals surface area contributed by atoms with Crippen molar-refractivity contribution in [2.45, 2.75) is 31.9 Å². The molecule has 0 aromatic rings. The maximum Gasteiger partial charge on any atom is 0.193 e. The van der Waals surface area contributed by atoms with E-state index in [4.69, 9.17) is 9.73 Å². The van der Waals surface area contributed by atoms with Crippen LogP contribution < -0.4 is 5.32 Å². The van der Waals surface area contributed by atoms with Gasteiger partial charge in [0.15, 0.2) is 5.96 Å². The van der Waals surface area contributed by atoms with E-state index < -0.39 is 0 Å². The first-order valence-electron chi connectivity index (χ1n) is 7.36. The third-order valence-corrected chi connectivity index (χ3v) is 4.88. The Labute approximate surface area is 121 Å². The SMILES string of the molecule is CCNC(=NCC1CCOC1)N1CCSC(C)(C)C1. The van der Waals surface area contributed by atoms with E-state index in [0.717, 1.165) is 51.8 Å². The molecule has 2 aliphatic heterocycles. The van der Waals surface area contributed by atoms with Crippen molar-refractivity contribution in [1.29, 1.82) is 0 Å². The fourth-order valence-corrected chi connectivity index (χ4v) is 3.68. The van der Waals surface area contributed by atoms with Crippen LogP contribution in [-0.4, -0.2) is 60.8 Å². The average Bonchev–Trinajstić information content (AvgIpc) is 2.86. The molecule has 0 saturated carbocycles. The second-order valence-corrected chi connectivity index (χ2v) is 7.76. The van der Waals surface area contributed by atoms with Crippen molar-refractivity contribution < 1.29 is 4.74 Å². The van der Waals surface area contributed by atoms with E-state index in [1.807, 2.05) is 0 Å². The summed E-state index contributed by atoms with van der Waals surface area (Å²) >= 11 is 2.06. The van der Waals surface area contributed by atoms with Gasteiger partial charge in [-0.3, -0.25) is 4.99 Å². The van der Waals surface area contributed by atoms with Gasteiger partial charge in [-0.15, -0.1) is 0 Å². The molecule has 0 aliphatic carbocycles. The highest BCUT2D eigenvalue weighted by atomic mass is 32.2. The van der Waals surface area contributed by atoms with E-state index in [0.29, 0.717) is 10.7 Å². The van der Waals surface area contributed by atoms with Crippen LogP contribution in [0.2, 0.25) is 0 Å². The molecular weight excluding hydrogens is 258 g/mol. The third kappa shape index (κ3) is 4.56. The predicted octanol–water partition coefficient (Wildman–Crippen LogP) is 1.82. The van der Waals surface area contributed by atoms with Gasteiger partial charge in [-0.1, -0.05) is 0 Å². The van der Waals surface area contributed by atoms with Crippen molar-refractivity contribution in [3.63, 3.8) is 0 Å². The molecule has 4 nitrogen and oxygen atoms in total. The Kier molecular flexibility index (Phi) is 5.39. The molecule has 2 saturated heterocycles. The number of hydrogen-bond donors (Lipinski definition) is 1. The van der Waals surface area contributed by atoms with Crippen LogP contribution in [0.5, 0.6) is 0 Å². The molecule has 2 fully saturated rings. The van der Waals surface area contributed by atoms with E-state index in [-0.39, 0.29) is 0 Å². The maximum atomic E-state index is 5.42. The van der Waals surface area contributed by atoms with Crippen LogP contribution in [0, 0.1) is 5.92 Å². The van der Waals surface area contributed by atoms with Crippen LogP contribution in [0.1, 0.15) is 27.2 Å². The number of thioether (sulfide) groups is 1. The van der Waals surface area contributed by atoms with Gasteiger partial charge in [0.05, 0.1) is 6.61 Å². The van der Waals surface area contributed by atoms with E-state index in [9.17, 15) is 0 Å². The highest BCUT2D eigenvalue weighted by Crippen LogP contribution is 2.29. The number of aliphatic imine (C=N–C) groups is 1. The van der Waals surface area contributed by atoms with Crippen LogP contribution in [0.15, 0.2) is 4.99 Å². The summed E-state index contributed by atoms with van der Waals surface area (Å²) in [7, 11) is 0. The van der Waals surface area contributed by atoms with Crippen LogP contribution >= 0.6 is 11.8 Å². The molecule has 0 radical (unpaired) electrons. The van der Waals surface area contributed by atoms with Gasteiger partial charge in [0.1, 0.15) is 0 Å². The predicted molar refractivity (Wildman–Crippen MR) is 83.0 cm³/mol. The number of hydrogen-bond acceptors (Lipinski definition) is 3. The lowest BCUT2D eigenvalue weighted by atomic mass is 10.1. The van der Waals surface area contributed by atoms with Gasteiger partial charge in [-0.25, -0.2) is 0 Å². The molecule has 19 heavy (non-hydrogen) atoms. The van der Waals surface area contributed by atoms with E-state index in [1.54, 1.807) is 0 Å². The highest BCUT2D eigenvalue weighted by molar-refractivity contribution is 8.00. The van der Waals surface area contributed by atoms with Crippen LogP contribution in [0.25, 0.3) is 0 Å². The number of rotatable bonds is 3. The number of guanidine groups is 1. The second-order valence-electron chi connectivity index (χ2n) is 5.95. The van der Waals surface area contributed by atoms with Crippen LogP contribution in [0.4, 0.5) is 0 Å². The summed E-state index contributed by atoms with van der Waals surface area (Å²) < 4.78 is 5.75. The number of nitrogens with zero attached hydrogens (tertiary/aromatic N) is 2. The lowest BCUT2D eigenvalue weighted by molar-refractivity contribution is 0.187. The molecule has 0 bridgehead atoms. The maximum absolute atomic E-state index is 5.42. The highest BCUT2D eigenvalue weighted by Gasteiger charge is 2.28. The normalized spacial score (nSPS) is 27.6. The average molecular weight is 285 g/mol. The van der Waals surface area contributed by atoms with Crippen LogP contribution in [-0.2, 0) is 4.74 Å². The molecule has 2 heterocycles. The minimum Gasteiger partial charge on any atom is -0.381 e. The standard InChI is InChI=1S/C14H27N3OS/c1-4-15-13(16-9-12-5-7-18-10-12)17-6-8-19-14(2,3)11-17/h12H,4-11H2,1-3H3,(H,15,16). The van der Waals surface area contributed by atoms with Gasteiger partial charge in [0.2, 0.25) is 0 Å². The van der Waals surface area contributed by atoms with Gasteiger partial charge in [-0.05, 0) is 27.2 Å². The second kappa shape index (κ2) is 6.84. The first-order chi connectivity index (χ1) is 9.11. The molecule has 0 aromatic heterocycles. The van der Waals surface area contributed by atoms with E-state index in [1.165, 1.54) is 5.75 Å². The van der Waals surface area contributed by atoms with E-state index >= 15 is 0 Å².